The fraction of sp³-hybridized carbons (Fsp3) is 0.333. The third kappa shape index (κ3) is 4.43. The predicted octanol–water partition coefficient (Wildman–Crippen LogP) is 2.49. The molecule has 9 heteroatoms. The molecule has 0 radical (unpaired) electrons. The Bertz CT molecular complexity index is 870. The molecule has 0 saturated carbocycles. The van der Waals surface area contributed by atoms with Gasteiger partial charge in [0.1, 0.15) is 10.8 Å². The second kappa shape index (κ2) is 8.63. The molecule has 27 heavy (non-hydrogen) atoms. The first-order valence-corrected chi connectivity index (χ1v) is 9.41. The zero-order valence-electron chi connectivity index (χ0n) is 14.7. The lowest BCUT2D eigenvalue weighted by atomic mass is 9.95. The molecule has 2 heterocycles. The van der Waals surface area contributed by atoms with E-state index in [1.807, 2.05) is 0 Å². The molecule has 0 saturated heterocycles. The summed E-state index contributed by atoms with van der Waals surface area (Å²) in [6.07, 6.45) is 6.36. The molecule has 3 rings (SSSR count). The minimum Gasteiger partial charge on any atom is -0.463 e. The molecule has 0 fully saturated rings. The number of aryl methyl sites for hydroxylation is 1. The van der Waals surface area contributed by atoms with Gasteiger partial charge in [0.15, 0.2) is 0 Å². The Morgan fingerprint density at radius 1 is 1.30 bits per heavy atom. The Morgan fingerprint density at radius 2 is 2.11 bits per heavy atom. The average Bonchev–Trinajstić information content (AvgIpc) is 3.28. The van der Waals surface area contributed by atoms with E-state index in [0.29, 0.717) is 16.3 Å². The monoisotopic (exact) mass is 389 g/mol. The van der Waals surface area contributed by atoms with Gasteiger partial charge in [-0.15, -0.1) is 11.3 Å². The largest absolute Gasteiger partial charge is 0.463 e. The summed E-state index contributed by atoms with van der Waals surface area (Å²) in [7, 11) is 0. The van der Waals surface area contributed by atoms with Crippen LogP contribution in [0.2, 0.25) is 0 Å². The molecule has 2 N–H and O–H groups in total. The number of hydrazone groups is 1. The summed E-state index contributed by atoms with van der Waals surface area (Å²) in [5, 5.41) is 6.52. The van der Waals surface area contributed by atoms with Gasteiger partial charge in [0.25, 0.3) is 0 Å². The molecule has 2 amide bonds. The first-order chi connectivity index (χ1) is 13.1. The van der Waals surface area contributed by atoms with Crippen molar-refractivity contribution >= 4 is 40.3 Å². The quantitative estimate of drug-likeness (QED) is 0.353. The molecule has 8 nitrogen and oxygen atoms in total. The topological polar surface area (TPSA) is 110 Å². The fourth-order valence-electron chi connectivity index (χ4n) is 2.80. The van der Waals surface area contributed by atoms with Crippen LogP contribution >= 0.6 is 11.3 Å². The normalized spacial score (nSPS) is 13.2. The lowest BCUT2D eigenvalue weighted by Crippen LogP contribution is -2.32. The number of fused-ring (bicyclic) bond motifs is 1. The van der Waals surface area contributed by atoms with Crippen molar-refractivity contribution in [3.8, 4) is 0 Å². The minimum atomic E-state index is -0.945. The van der Waals surface area contributed by atoms with Gasteiger partial charge in [-0.25, -0.2) is 10.2 Å². The Balaban J connectivity index is 1.72. The predicted molar refractivity (Wildman–Crippen MR) is 100.0 cm³/mol. The molecule has 0 spiro atoms. The maximum Gasteiger partial charge on any atom is 0.341 e. The second-order valence-corrected chi connectivity index (χ2v) is 6.91. The summed E-state index contributed by atoms with van der Waals surface area (Å²) in [6.45, 7) is 1.96. The first kappa shape index (κ1) is 18.8. The van der Waals surface area contributed by atoms with Gasteiger partial charge in [0.2, 0.25) is 0 Å². The number of carbonyl (C=O) groups excluding carboxylic acids is 3. The minimum absolute atomic E-state index is 0.235. The number of carbonyl (C=O) groups is 3. The van der Waals surface area contributed by atoms with E-state index in [0.717, 1.165) is 36.1 Å². The number of nitrogens with zero attached hydrogens (tertiary/aromatic N) is 1. The molecule has 0 atom stereocenters. The van der Waals surface area contributed by atoms with Crippen LogP contribution in [-0.2, 0) is 27.2 Å². The lowest BCUT2D eigenvalue weighted by molar-refractivity contribution is -0.136. The fourth-order valence-corrected chi connectivity index (χ4v) is 4.08. The van der Waals surface area contributed by atoms with Crippen LogP contribution in [-0.4, -0.2) is 30.6 Å². The number of esters is 1. The maximum atomic E-state index is 12.4. The molecule has 0 aliphatic heterocycles. The summed E-state index contributed by atoms with van der Waals surface area (Å²) in [6, 6.07) is 3.32. The highest BCUT2D eigenvalue weighted by molar-refractivity contribution is 7.17. The van der Waals surface area contributed by atoms with Gasteiger partial charge in [-0.3, -0.25) is 9.59 Å². The van der Waals surface area contributed by atoms with Crippen molar-refractivity contribution in [1.82, 2.24) is 5.43 Å². The number of hydrogen-bond donors (Lipinski definition) is 2. The number of rotatable bonds is 5. The van der Waals surface area contributed by atoms with Crippen molar-refractivity contribution in [1.29, 1.82) is 0 Å². The van der Waals surface area contributed by atoms with Crippen LogP contribution in [0.3, 0.4) is 0 Å². The van der Waals surface area contributed by atoms with E-state index in [-0.39, 0.29) is 6.61 Å². The third-order valence-electron chi connectivity index (χ3n) is 3.99. The Kier molecular flexibility index (Phi) is 6.02. The summed E-state index contributed by atoms with van der Waals surface area (Å²) in [4.78, 5) is 37.5. The molecule has 1 aliphatic carbocycles. The van der Waals surface area contributed by atoms with Gasteiger partial charge in [-0.05, 0) is 50.3 Å². The van der Waals surface area contributed by atoms with E-state index >= 15 is 0 Å². The zero-order valence-corrected chi connectivity index (χ0v) is 15.6. The average molecular weight is 389 g/mol. The number of furan rings is 1. The Labute approximate surface area is 159 Å². The molecular formula is C18H19N3O5S. The maximum absolute atomic E-state index is 12.4. The van der Waals surface area contributed by atoms with E-state index in [1.54, 1.807) is 19.1 Å². The van der Waals surface area contributed by atoms with Crippen LogP contribution in [0, 0.1) is 0 Å². The van der Waals surface area contributed by atoms with Crippen molar-refractivity contribution in [3.05, 3.63) is 40.2 Å². The summed E-state index contributed by atoms with van der Waals surface area (Å²) in [5.41, 5.74) is 3.39. The summed E-state index contributed by atoms with van der Waals surface area (Å²) >= 11 is 1.32. The van der Waals surface area contributed by atoms with Gasteiger partial charge >= 0.3 is 17.8 Å². The van der Waals surface area contributed by atoms with E-state index in [9.17, 15) is 14.4 Å². The Hall–Kier alpha value is -2.94. The molecule has 2 aromatic heterocycles. The highest BCUT2D eigenvalue weighted by Crippen LogP contribution is 2.38. The standard InChI is InChI=1S/C18H19N3O5S/c1-2-25-18(24)14-12-7-3-4-8-13(12)27-17(14)20-15(22)16(23)21-19-10-11-6-5-9-26-11/h5-6,9-10H,2-4,7-8H2,1H3,(H,20,22)(H,21,23)/b19-10-. The van der Waals surface area contributed by atoms with Crippen molar-refractivity contribution in [2.24, 2.45) is 5.10 Å². The second-order valence-electron chi connectivity index (χ2n) is 5.80. The number of ether oxygens (including phenoxy) is 1. The lowest BCUT2D eigenvalue weighted by Gasteiger charge is -2.12. The van der Waals surface area contributed by atoms with E-state index in [1.165, 1.54) is 23.8 Å². The summed E-state index contributed by atoms with van der Waals surface area (Å²) in [5.74, 6) is -1.90. The van der Waals surface area contributed by atoms with Crippen molar-refractivity contribution in [2.45, 2.75) is 32.6 Å². The molecule has 142 valence electrons. The van der Waals surface area contributed by atoms with E-state index in [2.05, 4.69) is 15.8 Å². The third-order valence-corrected chi connectivity index (χ3v) is 5.19. The zero-order chi connectivity index (χ0) is 19.2. The number of hydrogen-bond acceptors (Lipinski definition) is 7. The molecule has 1 aliphatic rings. The first-order valence-electron chi connectivity index (χ1n) is 8.59. The van der Waals surface area contributed by atoms with Gasteiger partial charge in [-0.2, -0.15) is 5.10 Å². The van der Waals surface area contributed by atoms with Gasteiger partial charge in [-0.1, -0.05) is 0 Å². The summed E-state index contributed by atoms with van der Waals surface area (Å²) < 4.78 is 10.2. The number of nitrogens with one attached hydrogen (secondary N) is 2. The van der Waals surface area contributed by atoms with Crippen LogP contribution < -0.4 is 10.7 Å². The van der Waals surface area contributed by atoms with Gasteiger partial charge < -0.3 is 14.5 Å². The van der Waals surface area contributed by atoms with Crippen molar-refractivity contribution in [3.63, 3.8) is 0 Å². The van der Waals surface area contributed by atoms with Crippen molar-refractivity contribution in [2.75, 3.05) is 11.9 Å². The van der Waals surface area contributed by atoms with Crippen LogP contribution in [0.15, 0.2) is 27.9 Å². The van der Waals surface area contributed by atoms with Gasteiger partial charge in [0, 0.05) is 4.88 Å². The molecule has 0 aromatic carbocycles. The SMILES string of the molecule is CCOC(=O)c1c(NC(=O)C(=O)N/N=C\c2ccco2)sc2c1CCCC2. The smallest absolute Gasteiger partial charge is 0.341 e. The number of thiophene rings is 1. The molecule has 0 unspecified atom stereocenters. The van der Waals surface area contributed by atoms with Gasteiger partial charge in [0.05, 0.1) is 24.6 Å². The highest BCUT2D eigenvalue weighted by Gasteiger charge is 2.28. The van der Waals surface area contributed by atoms with Crippen LogP contribution in [0.1, 0.15) is 46.3 Å². The van der Waals surface area contributed by atoms with Crippen LogP contribution in [0.4, 0.5) is 5.00 Å². The van der Waals surface area contributed by atoms with Crippen LogP contribution in [0.25, 0.3) is 0 Å². The highest BCUT2D eigenvalue weighted by atomic mass is 32.1. The molecule has 2 aromatic rings. The number of amides is 2. The molecular weight excluding hydrogens is 370 g/mol. The van der Waals surface area contributed by atoms with E-state index in [4.69, 9.17) is 9.15 Å². The number of anilines is 1. The Morgan fingerprint density at radius 3 is 2.85 bits per heavy atom. The van der Waals surface area contributed by atoms with Crippen molar-refractivity contribution < 1.29 is 23.5 Å². The van der Waals surface area contributed by atoms with E-state index < -0.39 is 17.8 Å². The molecule has 0 bridgehead atoms. The van der Waals surface area contributed by atoms with Crippen LogP contribution in [0.5, 0.6) is 0 Å².